The Morgan fingerprint density at radius 2 is 1.81 bits per heavy atom. The number of aryl methyl sites for hydroxylation is 1. The molecule has 1 fully saturated rings. The van der Waals surface area contributed by atoms with Crippen molar-refractivity contribution in [3.63, 3.8) is 0 Å². The Morgan fingerprint density at radius 3 is 2.52 bits per heavy atom. The summed E-state index contributed by atoms with van der Waals surface area (Å²) in [7, 11) is 2.96. The molecule has 0 aliphatic carbocycles. The fourth-order valence-corrected chi connectivity index (χ4v) is 3.62. The van der Waals surface area contributed by atoms with Crippen LogP contribution in [-0.2, 0) is 14.4 Å². The molecule has 2 aliphatic heterocycles. The van der Waals surface area contributed by atoms with E-state index < -0.39 is 23.9 Å². The first-order chi connectivity index (χ1) is 14.9. The number of carbonyl (C=O) groups is 3. The van der Waals surface area contributed by atoms with Gasteiger partial charge in [0.1, 0.15) is 6.54 Å². The molecule has 0 unspecified atom stereocenters. The summed E-state index contributed by atoms with van der Waals surface area (Å²) in [6.07, 6.45) is 0. The molecule has 2 heterocycles. The van der Waals surface area contributed by atoms with Gasteiger partial charge in [-0.3, -0.25) is 19.4 Å². The summed E-state index contributed by atoms with van der Waals surface area (Å²) >= 11 is 0. The predicted molar refractivity (Wildman–Crippen MR) is 111 cm³/mol. The van der Waals surface area contributed by atoms with Gasteiger partial charge >= 0.3 is 0 Å². The monoisotopic (exact) mass is 423 g/mol. The van der Waals surface area contributed by atoms with Gasteiger partial charge in [0.25, 0.3) is 11.8 Å². The van der Waals surface area contributed by atoms with Crippen LogP contribution in [0.2, 0.25) is 0 Å². The minimum absolute atomic E-state index is 0.211. The van der Waals surface area contributed by atoms with Gasteiger partial charge in [-0.15, -0.1) is 0 Å². The van der Waals surface area contributed by atoms with E-state index in [9.17, 15) is 14.4 Å². The molecule has 2 aliphatic rings. The van der Waals surface area contributed by atoms with Gasteiger partial charge in [0.15, 0.2) is 23.6 Å². The van der Waals surface area contributed by atoms with Gasteiger partial charge in [-0.25, -0.2) is 4.90 Å². The molecule has 4 rings (SSSR count). The average molecular weight is 423 g/mol. The van der Waals surface area contributed by atoms with Crippen molar-refractivity contribution in [2.75, 3.05) is 31.0 Å². The van der Waals surface area contributed by atoms with E-state index >= 15 is 0 Å². The topological polar surface area (TPSA) is 113 Å². The molecule has 0 aromatic heterocycles. The lowest BCUT2D eigenvalue weighted by atomic mass is 10.1. The number of fused-ring (bicyclic) bond motifs is 1. The maximum absolute atomic E-state index is 13.1. The van der Waals surface area contributed by atoms with Gasteiger partial charge < -0.3 is 14.8 Å². The van der Waals surface area contributed by atoms with Crippen LogP contribution in [0.1, 0.15) is 5.56 Å². The average Bonchev–Trinajstić information content (AvgIpc) is 3.28. The van der Waals surface area contributed by atoms with Gasteiger partial charge in [0.2, 0.25) is 5.91 Å². The van der Waals surface area contributed by atoms with Crippen molar-refractivity contribution in [3.8, 4) is 11.5 Å². The zero-order valence-electron chi connectivity index (χ0n) is 17.2. The largest absolute Gasteiger partial charge is 0.493 e. The number of hydrogen-bond acceptors (Lipinski definition) is 8. The molecule has 1 N–H and O–H groups in total. The van der Waals surface area contributed by atoms with Crippen LogP contribution in [0.5, 0.6) is 11.5 Å². The summed E-state index contributed by atoms with van der Waals surface area (Å²) < 4.78 is 10.5. The number of imide groups is 1. The molecule has 1 saturated heterocycles. The van der Waals surface area contributed by atoms with E-state index in [1.807, 2.05) is 25.1 Å². The maximum atomic E-state index is 13.1. The van der Waals surface area contributed by atoms with Crippen molar-refractivity contribution in [3.05, 3.63) is 48.0 Å². The lowest BCUT2D eigenvalue weighted by Crippen LogP contribution is -2.43. The Hall–Kier alpha value is -3.95. The van der Waals surface area contributed by atoms with Crippen LogP contribution in [0.4, 0.5) is 11.4 Å². The van der Waals surface area contributed by atoms with E-state index in [1.165, 1.54) is 19.2 Å². The predicted octanol–water partition coefficient (Wildman–Crippen LogP) is 1.94. The van der Waals surface area contributed by atoms with Crippen LogP contribution in [0, 0.1) is 6.92 Å². The molecule has 160 valence electrons. The highest BCUT2D eigenvalue weighted by Gasteiger charge is 2.55. The first-order valence-corrected chi connectivity index (χ1v) is 9.57. The van der Waals surface area contributed by atoms with Crippen molar-refractivity contribution in [1.29, 1.82) is 0 Å². The van der Waals surface area contributed by atoms with Crippen molar-refractivity contribution >= 4 is 29.1 Å². The molecule has 3 amide bonds. The lowest BCUT2D eigenvalue weighted by molar-refractivity contribution is -0.123. The normalized spacial score (nSPS) is 19.6. The second-order valence-corrected chi connectivity index (χ2v) is 7.11. The number of carbonyl (C=O) groups excluding carboxylic acids is 3. The highest BCUT2D eigenvalue weighted by Crippen LogP contribution is 2.36. The molecule has 31 heavy (non-hydrogen) atoms. The van der Waals surface area contributed by atoms with Crippen molar-refractivity contribution in [2.24, 2.45) is 10.3 Å². The first kappa shape index (κ1) is 20.3. The zero-order valence-corrected chi connectivity index (χ0v) is 17.2. The quantitative estimate of drug-likeness (QED) is 0.711. The molecule has 0 radical (unpaired) electrons. The van der Waals surface area contributed by atoms with Gasteiger partial charge in [-0.2, -0.15) is 5.11 Å². The number of rotatable bonds is 6. The summed E-state index contributed by atoms with van der Waals surface area (Å²) in [6.45, 7) is 1.67. The van der Waals surface area contributed by atoms with Crippen LogP contribution in [0.25, 0.3) is 0 Å². The molecule has 2 aromatic carbocycles. The van der Waals surface area contributed by atoms with Crippen LogP contribution in [0.15, 0.2) is 52.8 Å². The van der Waals surface area contributed by atoms with E-state index in [4.69, 9.17) is 9.47 Å². The summed E-state index contributed by atoms with van der Waals surface area (Å²) in [5, 5.41) is 11.9. The molecule has 2 aromatic rings. The molecule has 0 bridgehead atoms. The van der Waals surface area contributed by atoms with E-state index in [1.54, 1.807) is 24.3 Å². The SMILES string of the molecule is COc1ccc(N2C(=O)[C@@H]3[C@@H](N=NN3CC(=O)Nc3ccccc3C)C2=O)cc1OC. The first-order valence-electron chi connectivity index (χ1n) is 9.57. The third kappa shape index (κ3) is 3.56. The van der Waals surface area contributed by atoms with E-state index in [-0.39, 0.29) is 12.5 Å². The third-order valence-corrected chi connectivity index (χ3v) is 5.21. The lowest BCUT2D eigenvalue weighted by Gasteiger charge is -2.21. The molecular formula is C21H21N5O5. The molecular weight excluding hydrogens is 402 g/mol. The number of nitrogens with one attached hydrogen (secondary N) is 1. The fraction of sp³-hybridized carbons (Fsp3) is 0.286. The molecule has 0 saturated carbocycles. The summed E-state index contributed by atoms with van der Waals surface area (Å²) in [6, 6.07) is 10.1. The number of anilines is 2. The minimum atomic E-state index is -0.994. The Morgan fingerprint density at radius 1 is 1.06 bits per heavy atom. The second kappa shape index (κ2) is 8.05. The van der Waals surface area contributed by atoms with E-state index in [2.05, 4.69) is 15.7 Å². The van der Waals surface area contributed by atoms with E-state index in [0.29, 0.717) is 22.9 Å². The van der Waals surface area contributed by atoms with Crippen LogP contribution in [-0.4, -0.2) is 55.6 Å². The number of nitrogens with zero attached hydrogens (tertiary/aromatic N) is 4. The minimum Gasteiger partial charge on any atom is -0.493 e. The summed E-state index contributed by atoms with van der Waals surface area (Å²) in [5.41, 5.74) is 1.91. The Labute approximate surface area is 178 Å². The highest BCUT2D eigenvalue weighted by molar-refractivity contribution is 6.25. The Balaban J connectivity index is 1.52. The third-order valence-electron chi connectivity index (χ3n) is 5.21. The smallest absolute Gasteiger partial charge is 0.263 e. The van der Waals surface area contributed by atoms with Gasteiger partial charge in [-0.05, 0) is 30.7 Å². The number of benzene rings is 2. The molecule has 10 heteroatoms. The summed E-state index contributed by atoms with van der Waals surface area (Å²) in [5.74, 6) is -0.518. The van der Waals surface area contributed by atoms with Crippen LogP contribution >= 0.6 is 0 Å². The van der Waals surface area contributed by atoms with Gasteiger partial charge in [-0.1, -0.05) is 23.4 Å². The van der Waals surface area contributed by atoms with Crippen LogP contribution < -0.4 is 19.7 Å². The van der Waals surface area contributed by atoms with Crippen molar-refractivity contribution in [2.45, 2.75) is 19.0 Å². The number of amides is 3. The molecule has 2 atom stereocenters. The maximum Gasteiger partial charge on any atom is 0.263 e. The molecule has 0 spiro atoms. The zero-order chi connectivity index (χ0) is 22.1. The van der Waals surface area contributed by atoms with Gasteiger partial charge in [0.05, 0.1) is 19.9 Å². The van der Waals surface area contributed by atoms with E-state index in [0.717, 1.165) is 10.5 Å². The summed E-state index contributed by atoms with van der Waals surface area (Å²) in [4.78, 5) is 39.5. The number of hydrogen-bond donors (Lipinski definition) is 1. The second-order valence-electron chi connectivity index (χ2n) is 7.11. The van der Waals surface area contributed by atoms with Crippen molar-refractivity contribution < 1.29 is 23.9 Å². The number of methoxy groups -OCH3 is 2. The van der Waals surface area contributed by atoms with Crippen LogP contribution in [0.3, 0.4) is 0 Å². The van der Waals surface area contributed by atoms with Crippen molar-refractivity contribution in [1.82, 2.24) is 5.01 Å². The Bertz CT molecular complexity index is 1090. The Kier molecular flexibility index (Phi) is 5.28. The fourth-order valence-electron chi connectivity index (χ4n) is 3.62. The van der Waals surface area contributed by atoms with Gasteiger partial charge in [0, 0.05) is 11.8 Å². The standard InChI is InChI=1S/C21H21N5O5/c1-12-6-4-5-7-14(12)22-17(27)11-25-19-18(23-24-25)20(28)26(21(19)29)13-8-9-15(30-2)16(10-13)31-3/h4-10,18-19H,11H2,1-3H3,(H,22,27)/t18-,19+/m1/s1. The number of para-hydroxylation sites is 1. The molecule has 10 nitrogen and oxygen atoms in total. The highest BCUT2D eigenvalue weighted by atomic mass is 16.5. The number of ether oxygens (including phenoxy) is 2.